The molecule has 0 spiro atoms. The topological polar surface area (TPSA) is 67.4 Å². The molecule has 176 valence electrons. The summed E-state index contributed by atoms with van der Waals surface area (Å²) in [5.41, 5.74) is 0.0501. The predicted molar refractivity (Wildman–Crippen MR) is 115 cm³/mol. The normalized spacial score (nSPS) is 15.3. The van der Waals surface area contributed by atoms with Crippen LogP contribution in [0.2, 0.25) is 0 Å². The predicted octanol–water partition coefficient (Wildman–Crippen LogP) is 2.65. The van der Waals surface area contributed by atoms with E-state index in [9.17, 15) is 13.2 Å². The number of ether oxygens (including phenoxy) is 3. The third kappa shape index (κ3) is 8.92. The van der Waals surface area contributed by atoms with Gasteiger partial charge in [-0.15, -0.1) is 0 Å². The second-order valence-electron chi connectivity index (χ2n) is 7.02. The maximum Gasteiger partial charge on any atom is 0.416 e. The number of nitrogens with zero attached hydrogens (tertiary/aromatic N) is 2. The Bertz CT molecular complexity index is 680. The van der Waals surface area contributed by atoms with Crippen LogP contribution < -0.4 is 15.5 Å². The lowest BCUT2D eigenvalue weighted by Gasteiger charge is -2.29. The molecular formula is C21H33F3N4O3. The number of morpholine rings is 1. The standard InChI is InChI=1S/C21H33F3N4O3/c1-3-25-20(26-7-4-10-30-14-13-29-2)27-16-17-5-6-18(15-19(17)21(22,23)24)28-8-11-31-12-9-28/h5-6,15H,3-4,7-14,16H2,1-2H3,(H2,25,26,27). The fourth-order valence-electron chi connectivity index (χ4n) is 3.12. The van der Waals surface area contributed by atoms with E-state index < -0.39 is 11.7 Å². The van der Waals surface area contributed by atoms with Crippen LogP contribution in [-0.4, -0.2) is 72.3 Å². The van der Waals surface area contributed by atoms with Gasteiger partial charge in [-0.05, 0) is 31.0 Å². The van der Waals surface area contributed by atoms with Crippen molar-refractivity contribution in [1.29, 1.82) is 0 Å². The van der Waals surface area contributed by atoms with Crippen LogP contribution in [0.3, 0.4) is 0 Å². The molecule has 1 aliphatic heterocycles. The maximum atomic E-state index is 13.7. The van der Waals surface area contributed by atoms with Crippen molar-refractivity contribution in [2.24, 2.45) is 4.99 Å². The average Bonchev–Trinajstić information content (AvgIpc) is 2.76. The smallest absolute Gasteiger partial charge is 0.382 e. The van der Waals surface area contributed by atoms with Crippen LogP contribution in [0.1, 0.15) is 24.5 Å². The Labute approximate surface area is 181 Å². The minimum absolute atomic E-state index is 0.0715. The molecule has 1 heterocycles. The van der Waals surface area contributed by atoms with Crippen LogP contribution in [0, 0.1) is 0 Å². The Hall–Kier alpha value is -2.04. The van der Waals surface area contributed by atoms with E-state index in [0.717, 1.165) is 6.42 Å². The summed E-state index contributed by atoms with van der Waals surface area (Å²) in [6.45, 7) is 6.88. The maximum absolute atomic E-state index is 13.7. The van der Waals surface area contributed by atoms with Gasteiger partial charge >= 0.3 is 6.18 Å². The lowest BCUT2D eigenvalue weighted by molar-refractivity contribution is -0.138. The number of guanidine groups is 1. The summed E-state index contributed by atoms with van der Waals surface area (Å²) >= 11 is 0. The van der Waals surface area contributed by atoms with Gasteiger partial charge < -0.3 is 29.7 Å². The fourth-order valence-corrected chi connectivity index (χ4v) is 3.12. The number of anilines is 1. The van der Waals surface area contributed by atoms with Gasteiger partial charge in [-0.1, -0.05) is 6.07 Å². The SMILES string of the molecule is CCNC(=NCc1ccc(N2CCOCC2)cc1C(F)(F)F)NCCCOCCOC. The van der Waals surface area contributed by atoms with Crippen molar-refractivity contribution >= 4 is 11.6 Å². The lowest BCUT2D eigenvalue weighted by atomic mass is 10.1. The Morgan fingerprint density at radius 2 is 1.94 bits per heavy atom. The Balaban J connectivity index is 2.01. The number of hydrogen-bond donors (Lipinski definition) is 2. The molecule has 2 rings (SSSR count). The first-order chi connectivity index (χ1) is 15.0. The molecule has 1 aromatic carbocycles. The van der Waals surface area contributed by atoms with Gasteiger partial charge in [0.25, 0.3) is 0 Å². The van der Waals surface area contributed by atoms with Crippen molar-refractivity contribution in [3.63, 3.8) is 0 Å². The molecule has 0 aromatic heterocycles. The molecule has 31 heavy (non-hydrogen) atoms. The minimum Gasteiger partial charge on any atom is -0.382 e. The molecule has 2 N–H and O–H groups in total. The molecule has 0 saturated carbocycles. The lowest BCUT2D eigenvalue weighted by Crippen LogP contribution is -2.38. The molecule has 0 atom stereocenters. The summed E-state index contributed by atoms with van der Waals surface area (Å²) in [7, 11) is 1.62. The van der Waals surface area contributed by atoms with Crippen molar-refractivity contribution in [1.82, 2.24) is 10.6 Å². The number of methoxy groups -OCH3 is 1. The Morgan fingerprint density at radius 3 is 2.61 bits per heavy atom. The number of hydrogen-bond acceptors (Lipinski definition) is 5. The molecule has 1 saturated heterocycles. The highest BCUT2D eigenvalue weighted by Crippen LogP contribution is 2.35. The monoisotopic (exact) mass is 446 g/mol. The second-order valence-corrected chi connectivity index (χ2v) is 7.02. The minimum atomic E-state index is -4.45. The van der Waals surface area contributed by atoms with Gasteiger partial charge in [-0.3, -0.25) is 0 Å². The van der Waals surface area contributed by atoms with Crippen molar-refractivity contribution in [3.05, 3.63) is 29.3 Å². The highest BCUT2D eigenvalue weighted by molar-refractivity contribution is 5.79. The molecule has 0 radical (unpaired) electrons. The van der Waals surface area contributed by atoms with E-state index in [1.807, 2.05) is 11.8 Å². The zero-order valence-electron chi connectivity index (χ0n) is 18.3. The molecule has 1 aromatic rings. The summed E-state index contributed by atoms with van der Waals surface area (Å²) in [5.74, 6) is 0.477. The number of halogens is 3. The molecule has 0 amide bonds. The molecule has 0 bridgehead atoms. The van der Waals surface area contributed by atoms with E-state index in [-0.39, 0.29) is 12.1 Å². The van der Waals surface area contributed by atoms with Gasteiger partial charge in [0.05, 0.1) is 38.5 Å². The molecule has 0 aliphatic carbocycles. The van der Waals surface area contributed by atoms with E-state index in [1.165, 1.54) is 12.1 Å². The first-order valence-corrected chi connectivity index (χ1v) is 10.6. The summed E-state index contributed by atoms with van der Waals surface area (Å²) in [5, 5.41) is 6.19. The number of benzene rings is 1. The molecule has 1 aliphatic rings. The molecular weight excluding hydrogens is 413 g/mol. The van der Waals surface area contributed by atoms with Crippen molar-refractivity contribution in [3.8, 4) is 0 Å². The van der Waals surface area contributed by atoms with Crippen LogP contribution in [0.4, 0.5) is 18.9 Å². The zero-order chi connectivity index (χ0) is 22.5. The summed E-state index contributed by atoms with van der Waals surface area (Å²) in [4.78, 5) is 6.26. The van der Waals surface area contributed by atoms with Crippen LogP contribution in [0.5, 0.6) is 0 Å². The van der Waals surface area contributed by atoms with Gasteiger partial charge in [-0.2, -0.15) is 13.2 Å². The summed E-state index contributed by atoms with van der Waals surface area (Å²) in [6, 6.07) is 4.46. The number of aliphatic imine (C=N–C) groups is 1. The highest BCUT2D eigenvalue weighted by atomic mass is 19.4. The van der Waals surface area contributed by atoms with Crippen LogP contribution in [0.15, 0.2) is 23.2 Å². The van der Waals surface area contributed by atoms with Crippen molar-refractivity contribution in [2.45, 2.75) is 26.1 Å². The quantitative estimate of drug-likeness (QED) is 0.310. The molecule has 0 unspecified atom stereocenters. The molecule has 7 nitrogen and oxygen atoms in total. The van der Waals surface area contributed by atoms with Crippen LogP contribution in [-0.2, 0) is 26.9 Å². The van der Waals surface area contributed by atoms with Crippen molar-refractivity contribution in [2.75, 3.05) is 71.2 Å². The van der Waals surface area contributed by atoms with Gasteiger partial charge in [0, 0.05) is 45.6 Å². The van der Waals surface area contributed by atoms with E-state index in [2.05, 4.69) is 15.6 Å². The largest absolute Gasteiger partial charge is 0.416 e. The summed E-state index contributed by atoms with van der Waals surface area (Å²) in [6.07, 6.45) is -3.70. The van der Waals surface area contributed by atoms with Gasteiger partial charge in [0.1, 0.15) is 0 Å². The molecule has 10 heteroatoms. The Kier molecular flexibility index (Phi) is 10.9. The zero-order valence-corrected chi connectivity index (χ0v) is 18.3. The Morgan fingerprint density at radius 1 is 1.16 bits per heavy atom. The van der Waals surface area contributed by atoms with E-state index in [0.29, 0.717) is 70.9 Å². The third-order valence-electron chi connectivity index (χ3n) is 4.72. The average molecular weight is 447 g/mol. The fraction of sp³-hybridized carbons (Fsp3) is 0.667. The number of rotatable bonds is 11. The van der Waals surface area contributed by atoms with E-state index >= 15 is 0 Å². The number of nitrogens with one attached hydrogen (secondary N) is 2. The first-order valence-electron chi connectivity index (χ1n) is 10.6. The van der Waals surface area contributed by atoms with E-state index in [1.54, 1.807) is 13.2 Å². The van der Waals surface area contributed by atoms with Gasteiger partial charge in [0.15, 0.2) is 5.96 Å². The van der Waals surface area contributed by atoms with Crippen LogP contribution in [0.25, 0.3) is 0 Å². The first kappa shape index (κ1) is 25.2. The highest BCUT2D eigenvalue weighted by Gasteiger charge is 2.34. The van der Waals surface area contributed by atoms with Gasteiger partial charge in [0.2, 0.25) is 0 Å². The molecule has 1 fully saturated rings. The van der Waals surface area contributed by atoms with Crippen LogP contribution >= 0.6 is 0 Å². The van der Waals surface area contributed by atoms with Crippen molar-refractivity contribution < 1.29 is 27.4 Å². The third-order valence-corrected chi connectivity index (χ3v) is 4.72. The van der Waals surface area contributed by atoms with E-state index in [4.69, 9.17) is 14.2 Å². The number of alkyl halides is 3. The van der Waals surface area contributed by atoms with Gasteiger partial charge in [-0.25, -0.2) is 4.99 Å². The summed E-state index contributed by atoms with van der Waals surface area (Å²) < 4.78 is 56.7. The second kappa shape index (κ2) is 13.4.